The number of hydrogen-bond acceptors (Lipinski definition) is 3. The van der Waals surface area contributed by atoms with E-state index in [1.807, 2.05) is 45.0 Å². The van der Waals surface area contributed by atoms with Gasteiger partial charge in [-0.15, -0.1) is 0 Å². The summed E-state index contributed by atoms with van der Waals surface area (Å²) in [4.78, 5) is 11.9. The lowest BCUT2D eigenvalue weighted by atomic mass is 9.88. The summed E-state index contributed by atoms with van der Waals surface area (Å²) in [6, 6.07) is 7.74. The molecule has 0 radical (unpaired) electrons. The van der Waals surface area contributed by atoms with Gasteiger partial charge in [0.25, 0.3) is 0 Å². The first-order chi connectivity index (χ1) is 9.30. The molecule has 0 spiro atoms. The molecule has 20 heavy (non-hydrogen) atoms. The van der Waals surface area contributed by atoms with E-state index in [1.54, 1.807) is 0 Å². The predicted octanol–water partition coefficient (Wildman–Crippen LogP) is 3.76. The number of anilines is 1. The van der Waals surface area contributed by atoms with Gasteiger partial charge in [0.15, 0.2) is 0 Å². The molecule has 4 nitrogen and oxygen atoms in total. The first-order valence-electron chi connectivity index (χ1n) is 7.19. The van der Waals surface area contributed by atoms with Gasteiger partial charge in [0.2, 0.25) is 0 Å². The summed E-state index contributed by atoms with van der Waals surface area (Å²) in [6.07, 6.45) is 3.75. The number of hydrogen-bond donors (Lipinski definition) is 2. The molecule has 1 aliphatic carbocycles. The highest BCUT2D eigenvalue weighted by atomic mass is 16.6. The molecule has 2 rings (SSSR count). The Morgan fingerprint density at radius 2 is 1.85 bits per heavy atom. The van der Waals surface area contributed by atoms with Crippen LogP contribution in [0.5, 0.6) is 0 Å². The summed E-state index contributed by atoms with van der Waals surface area (Å²) < 4.78 is 5.30. The number of carbonyl (C=O) groups excluding carboxylic acids is 1. The van der Waals surface area contributed by atoms with Gasteiger partial charge in [0.1, 0.15) is 5.60 Å². The number of para-hydroxylation sites is 1. The first kappa shape index (κ1) is 14.9. The minimum absolute atomic E-state index is 0.328. The van der Waals surface area contributed by atoms with Crippen molar-refractivity contribution in [3.8, 4) is 0 Å². The van der Waals surface area contributed by atoms with Crippen molar-refractivity contribution in [1.82, 2.24) is 0 Å². The van der Waals surface area contributed by atoms with Crippen LogP contribution >= 0.6 is 0 Å². The van der Waals surface area contributed by atoms with Crippen LogP contribution in [0.1, 0.15) is 52.0 Å². The van der Waals surface area contributed by atoms with Crippen LogP contribution in [0, 0.1) is 0 Å². The first-order valence-corrected chi connectivity index (χ1v) is 7.19. The molecule has 0 unspecified atom stereocenters. The number of carbonyl (C=O) groups is 1. The highest BCUT2D eigenvalue weighted by Crippen LogP contribution is 2.39. The molecule has 0 aromatic heterocycles. The third kappa shape index (κ3) is 3.51. The molecule has 0 heterocycles. The average molecular weight is 276 g/mol. The molecule has 3 N–H and O–H groups in total. The standard InChI is InChI=1S/C16H24N2O2/c1-15(2,3)20-14(19)18-13-9-5-4-8-12(13)16(17)10-6-7-11-16/h4-5,8-9H,6-7,10-11,17H2,1-3H3,(H,18,19). The average Bonchev–Trinajstić information content (AvgIpc) is 2.75. The van der Waals surface area contributed by atoms with Crippen molar-refractivity contribution in [2.75, 3.05) is 5.32 Å². The topological polar surface area (TPSA) is 64.3 Å². The van der Waals surface area contributed by atoms with Crippen molar-refractivity contribution in [3.05, 3.63) is 29.8 Å². The Balaban J connectivity index is 2.18. The van der Waals surface area contributed by atoms with Gasteiger partial charge in [-0.1, -0.05) is 31.0 Å². The number of nitrogens with one attached hydrogen (secondary N) is 1. The Hall–Kier alpha value is -1.55. The van der Waals surface area contributed by atoms with Crippen molar-refractivity contribution in [2.24, 2.45) is 5.73 Å². The minimum atomic E-state index is -0.507. The lowest BCUT2D eigenvalue weighted by molar-refractivity contribution is 0.0635. The minimum Gasteiger partial charge on any atom is -0.444 e. The fraction of sp³-hybridized carbons (Fsp3) is 0.562. The Kier molecular flexibility index (Phi) is 4.04. The Labute approximate surface area is 120 Å². The smallest absolute Gasteiger partial charge is 0.412 e. The van der Waals surface area contributed by atoms with Crippen molar-refractivity contribution < 1.29 is 9.53 Å². The number of ether oxygens (including phenoxy) is 1. The van der Waals surface area contributed by atoms with Crippen LogP contribution in [0.4, 0.5) is 10.5 Å². The zero-order chi connectivity index (χ0) is 14.8. The maximum atomic E-state index is 11.9. The summed E-state index contributed by atoms with van der Waals surface area (Å²) >= 11 is 0. The summed E-state index contributed by atoms with van der Waals surface area (Å²) in [5, 5.41) is 2.83. The van der Waals surface area contributed by atoms with E-state index < -0.39 is 11.7 Å². The van der Waals surface area contributed by atoms with Gasteiger partial charge < -0.3 is 10.5 Å². The second-order valence-corrected chi connectivity index (χ2v) is 6.54. The molecule has 0 bridgehead atoms. The largest absolute Gasteiger partial charge is 0.444 e. The molecule has 1 saturated carbocycles. The van der Waals surface area contributed by atoms with Crippen LogP contribution in [0.2, 0.25) is 0 Å². The molecule has 110 valence electrons. The van der Waals surface area contributed by atoms with Crippen LogP contribution in [0.3, 0.4) is 0 Å². The lowest BCUT2D eigenvalue weighted by Gasteiger charge is -2.27. The molecule has 0 atom stereocenters. The summed E-state index contributed by atoms with van der Waals surface area (Å²) in [7, 11) is 0. The molecule has 1 fully saturated rings. The molecule has 1 amide bonds. The molecule has 4 heteroatoms. The molecule has 0 aliphatic heterocycles. The second kappa shape index (κ2) is 5.44. The van der Waals surface area contributed by atoms with E-state index in [0.29, 0.717) is 0 Å². The maximum Gasteiger partial charge on any atom is 0.412 e. The van der Waals surface area contributed by atoms with Gasteiger partial charge in [-0.2, -0.15) is 0 Å². The third-order valence-electron chi connectivity index (χ3n) is 3.59. The van der Waals surface area contributed by atoms with Gasteiger partial charge >= 0.3 is 6.09 Å². The molecular weight excluding hydrogens is 252 g/mol. The molecule has 1 aromatic rings. The molecule has 1 aromatic carbocycles. The van der Waals surface area contributed by atoms with Gasteiger partial charge in [-0.05, 0) is 45.2 Å². The van der Waals surface area contributed by atoms with E-state index in [4.69, 9.17) is 10.5 Å². The molecular formula is C16H24N2O2. The van der Waals surface area contributed by atoms with Gasteiger partial charge in [0, 0.05) is 11.2 Å². The number of rotatable bonds is 2. The quantitative estimate of drug-likeness (QED) is 0.864. The van der Waals surface area contributed by atoms with Crippen molar-refractivity contribution >= 4 is 11.8 Å². The van der Waals surface area contributed by atoms with Gasteiger partial charge in [-0.3, -0.25) is 5.32 Å². The number of nitrogens with two attached hydrogens (primary N) is 1. The number of amides is 1. The fourth-order valence-corrected chi connectivity index (χ4v) is 2.72. The van der Waals surface area contributed by atoms with E-state index in [0.717, 1.165) is 36.9 Å². The Morgan fingerprint density at radius 3 is 2.45 bits per heavy atom. The normalized spacial score (nSPS) is 17.8. The van der Waals surface area contributed by atoms with Crippen LogP contribution in [-0.2, 0) is 10.3 Å². The Bertz CT molecular complexity index is 485. The Morgan fingerprint density at radius 1 is 1.25 bits per heavy atom. The van der Waals surface area contributed by atoms with E-state index >= 15 is 0 Å². The highest BCUT2D eigenvalue weighted by Gasteiger charge is 2.33. The van der Waals surface area contributed by atoms with Crippen LogP contribution in [0.15, 0.2) is 24.3 Å². The number of benzene rings is 1. The highest BCUT2D eigenvalue weighted by molar-refractivity contribution is 5.86. The monoisotopic (exact) mass is 276 g/mol. The fourth-order valence-electron chi connectivity index (χ4n) is 2.72. The predicted molar refractivity (Wildman–Crippen MR) is 80.6 cm³/mol. The van der Waals surface area contributed by atoms with Crippen LogP contribution < -0.4 is 11.1 Å². The SMILES string of the molecule is CC(C)(C)OC(=O)Nc1ccccc1C1(N)CCCC1. The molecule has 0 saturated heterocycles. The van der Waals surface area contributed by atoms with E-state index in [-0.39, 0.29) is 5.54 Å². The van der Waals surface area contributed by atoms with Gasteiger partial charge in [0.05, 0.1) is 0 Å². The van der Waals surface area contributed by atoms with Gasteiger partial charge in [-0.25, -0.2) is 4.79 Å². The zero-order valence-corrected chi connectivity index (χ0v) is 12.5. The lowest BCUT2D eigenvalue weighted by Crippen LogP contribution is -2.35. The summed E-state index contributed by atoms with van der Waals surface area (Å²) in [5.41, 5.74) is 7.42. The van der Waals surface area contributed by atoms with Crippen molar-refractivity contribution in [2.45, 2.75) is 57.6 Å². The summed E-state index contributed by atoms with van der Waals surface area (Å²) in [6.45, 7) is 5.54. The van der Waals surface area contributed by atoms with E-state index in [9.17, 15) is 4.79 Å². The van der Waals surface area contributed by atoms with Crippen molar-refractivity contribution in [3.63, 3.8) is 0 Å². The van der Waals surface area contributed by atoms with Crippen molar-refractivity contribution in [1.29, 1.82) is 0 Å². The zero-order valence-electron chi connectivity index (χ0n) is 12.5. The van der Waals surface area contributed by atoms with Crippen LogP contribution in [-0.4, -0.2) is 11.7 Å². The summed E-state index contributed by atoms with van der Waals surface area (Å²) in [5.74, 6) is 0. The third-order valence-corrected chi connectivity index (χ3v) is 3.59. The second-order valence-electron chi connectivity index (χ2n) is 6.54. The van der Waals surface area contributed by atoms with E-state index in [2.05, 4.69) is 5.32 Å². The maximum absolute atomic E-state index is 11.9. The van der Waals surface area contributed by atoms with Crippen LogP contribution in [0.25, 0.3) is 0 Å². The van der Waals surface area contributed by atoms with E-state index in [1.165, 1.54) is 0 Å². The molecule has 1 aliphatic rings.